The van der Waals surface area contributed by atoms with E-state index in [1.54, 1.807) is 0 Å². The highest BCUT2D eigenvalue weighted by Crippen LogP contribution is 2.35. The normalized spacial score (nSPS) is 18.5. The highest BCUT2D eigenvalue weighted by Gasteiger charge is 2.70. The fourth-order valence-corrected chi connectivity index (χ4v) is 2.30. The summed E-state index contributed by atoms with van der Waals surface area (Å²) in [7, 11) is 0. The first-order valence-electron chi connectivity index (χ1n) is 6.77. The summed E-state index contributed by atoms with van der Waals surface area (Å²) in [6, 6.07) is 0. The molecule has 10 heteroatoms. The van der Waals surface area contributed by atoms with Gasteiger partial charge in [0.15, 0.2) is 17.3 Å². The molecule has 136 valence electrons. The van der Waals surface area contributed by atoms with Crippen molar-refractivity contribution in [2.24, 2.45) is 0 Å². The molecule has 0 aromatic carbocycles. The fraction of sp³-hybridized carbons (Fsp3) is 0.643. The molecule has 0 amide bonds. The Morgan fingerprint density at radius 2 is 1.42 bits per heavy atom. The van der Waals surface area contributed by atoms with Crippen LogP contribution in [0.5, 0.6) is 0 Å². The van der Waals surface area contributed by atoms with Gasteiger partial charge in [-0.3, -0.25) is 24.0 Å². The van der Waals surface area contributed by atoms with Gasteiger partial charge >= 0.3 is 5.97 Å². The third-order valence-corrected chi connectivity index (χ3v) is 3.49. The second kappa shape index (κ2) is 7.71. The molecule has 10 nitrogen and oxygen atoms in total. The van der Waals surface area contributed by atoms with Crippen molar-refractivity contribution >= 4 is 29.1 Å². The Labute approximate surface area is 137 Å². The molecule has 0 spiro atoms. The second-order valence-electron chi connectivity index (χ2n) is 5.23. The summed E-state index contributed by atoms with van der Waals surface area (Å²) in [5.74, 6) is -7.32. The van der Waals surface area contributed by atoms with E-state index in [1.807, 2.05) is 0 Å². The van der Waals surface area contributed by atoms with Crippen LogP contribution >= 0.6 is 0 Å². The van der Waals surface area contributed by atoms with Crippen molar-refractivity contribution in [3.63, 3.8) is 0 Å². The highest BCUT2D eigenvalue weighted by atomic mass is 16.6. The van der Waals surface area contributed by atoms with E-state index < -0.39 is 59.1 Å². The standard InChI is InChI=1S/C14H20O10/c1-6(16)11(21)14(8(3)18,24-9(4)19)13(23,7(2)17)12(22)10(20)5-15/h10,12,15,20,22-23H,5H2,1-4H3/t10-,12-,13+,14-/m1/s1. The Kier molecular flexibility index (Phi) is 7.06. The van der Waals surface area contributed by atoms with Crippen LogP contribution in [-0.2, 0) is 28.7 Å². The maximum Gasteiger partial charge on any atom is 0.304 e. The average molecular weight is 348 g/mol. The molecule has 0 rings (SSSR count). The van der Waals surface area contributed by atoms with E-state index in [1.165, 1.54) is 0 Å². The Morgan fingerprint density at radius 1 is 0.958 bits per heavy atom. The molecule has 4 atom stereocenters. The van der Waals surface area contributed by atoms with Crippen LogP contribution in [0.3, 0.4) is 0 Å². The van der Waals surface area contributed by atoms with E-state index in [0.29, 0.717) is 20.8 Å². The number of hydrogen-bond acceptors (Lipinski definition) is 10. The van der Waals surface area contributed by atoms with Gasteiger partial charge < -0.3 is 25.2 Å². The molecule has 0 aromatic rings. The van der Waals surface area contributed by atoms with E-state index in [4.69, 9.17) is 5.11 Å². The van der Waals surface area contributed by atoms with Gasteiger partial charge in [0.25, 0.3) is 11.4 Å². The molecule has 0 bridgehead atoms. The van der Waals surface area contributed by atoms with Crippen molar-refractivity contribution in [2.45, 2.75) is 51.1 Å². The second-order valence-corrected chi connectivity index (χ2v) is 5.23. The maximum absolute atomic E-state index is 12.3. The van der Waals surface area contributed by atoms with E-state index in [0.717, 1.165) is 6.92 Å². The average Bonchev–Trinajstić information content (AvgIpc) is 2.48. The van der Waals surface area contributed by atoms with Gasteiger partial charge in [0.2, 0.25) is 5.60 Å². The maximum atomic E-state index is 12.3. The molecule has 0 aliphatic rings. The van der Waals surface area contributed by atoms with Crippen LogP contribution in [0.2, 0.25) is 0 Å². The Balaban J connectivity index is 6.88. The smallest absolute Gasteiger partial charge is 0.304 e. The number of rotatable bonds is 9. The van der Waals surface area contributed by atoms with Crippen LogP contribution in [0.4, 0.5) is 0 Å². The van der Waals surface area contributed by atoms with Crippen molar-refractivity contribution < 1.29 is 49.1 Å². The summed E-state index contributed by atoms with van der Waals surface area (Å²) < 4.78 is 4.58. The number of carbonyl (C=O) groups is 5. The SMILES string of the molecule is CC(=O)O[C@](C(C)=O)(C(=O)C(C)=O)[C@](O)(C(C)=O)[C@H](O)[C@H](O)CO. The first kappa shape index (κ1) is 22.0. The molecule has 0 aliphatic heterocycles. The molecular weight excluding hydrogens is 328 g/mol. The number of aliphatic hydroxyl groups is 4. The van der Waals surface area contributed by atoms with Crippen LogP contribution in [0.15, 0.2) is 0 Å². The largest absolute Gasteiger partial charge is 0.439 e. The van der Waals surface area contributed by atoms with E-state index in [-0.39, 0.29) is 0 Å². The minimum atomic E-state index is -3.50. The molecule has 4 N–H and O–H groups in total. The summed E-state index contributed by atoms with van der Waals surface area (Å²) in [5, 5.41) is 39.2. The summed E-state index contributed by atoms with van der Waals surface area (Å²) >= 11 is 0. The van der Waals surface area contributed by atoms with Crippen LogP contribution in [0.25, 0.3) is 0 Å². The van der Waals surface area contributed by atoms with Gasteiger partial charge in [0, 0.05) is 13.8 Å². The third-order valence-electron chi connectivity index (χ3n) is 3.49. The minimum Gasteiger partial charge on any atom is -0.439 e. The number of hydrogen-bond donors (Lipinski definition) is 4. The van der Waals surface area contributed by atoms with Crippen molar-refractivity contribution in [3.8, 4) is 0 Å². The summed E-state index contributed by atoms with van der Waals surface area (Å²) in [4.78, 5) is 59.2. The molecule has 0 saturated heterocycles. The summed E-state index contributed by atoms with van der Waals surface area (Å²) in [6.07, 6.45) is -4.81. The predicted molar refractivity (Wildman–Crippen MR) is 75.6 cm³/mol. The lowest BCUT2D eigenvalue weighted by atomic mass is 9.69. The summed E-state index contributed by atoms with van der Waals surface area (Å²) in [5.41, 5.74) is -6.92. The molecule has 24 heavy (non-hydrogen) atoms. The quantitative estimate of drug-likeness (QED) is 0.192. The van der Waals surface area contributed by atoms with Gasteiger partial charge in [-0.05, 0) is 13.8 Å². The molecule has 0 aliphatic carbocycles. The highest BCUT2D eigenvalue weighted by molar-refractivity contribution is 6.45. The van der Waals surface area contributed by atoms with Gasteiger partial charge in [0.05, 0.1) is 6.61 Å². The van der Waals surface area contributed by atoms with Gasteiger partial charge in [0.1, 0.15) is 12.2 Å². The van der Waals surface area contributed by atoms with Gasteiger partial charge in [-0.1, -0.05) is 0 Å². The number of Topliss-reactive ketones (excluding diaryl/α,β-unsaturated/α-hetero) is 4. The zero-order chi connectivity index (χ0) is 19.5. The first-order valence-corrected chi connectivity index (χ1v) is 6.77. The number of esters is 1. The van der Waals surface area contributed by atoms with E-state index in [2.05, 4.69) is 4.74 Å². The zero-order valence-electron chi connectivity index (χ0n) is 13.6. The number of aliphatic hydroxyl groups excluding tert-OH is 3. The molecule has 0 saturated carbocycles. The van der Waals surface area contributed by atoms with Crippen molar-refractivity contribution in [1.29, 1.82) is 0 Å². The van der Waals surface area contributed by atoms with Crippen molar-refractivity contribution in [3.05, 3.63) is 0 Å². The molecular formula is C14H20O10. The first-order chi connectivity index (χ1) is 10.8. The van der Waals surface area contributed by atoms with Gasteiger partial charge in [-0.2, -0.15) is 0 Å². The minimum absolute atomic E-state index is 0.641. The Bertz CT molecular complexity index is 568. The monoisotopic (exact) mass is 348 g/mol. The number of ketones is 4. The van der Waals surface area contributed by atoms with E-state index in [9.17, 15) is 39.3 Å². The summed E-state index contributed by atoms with van der Waals surface area (Å²) in [6.45, 7) is 1.55. The lowest BCUT2D eigenvalue weighted by molar-refractivity contribution is -0.226. The predicted octanol–water partition coefficient (Wildman–Crippen LogP) is -2.93. The molecule has 0 radical (unpaired) electrons. The third kappa shape index (κ3) is 3.41. The molecule has 0 heterocycles. The van der Waals surface area contributed by atoms with Crippen molar-refractivity contribution in [2.75, 3.05) is 6.61 Å². The Hall–Kier alpha value is -2.01. The molecule has 0 fully saturated rings. The Morgan fingerprint density at radius 3 is 1.67 bits per heavy atom. The zero-order valence-corrected chi connectivity index (χ0v) is 13.6. The van der Waals surface area contributed by atoms with Gasteiger partial charge in [-0.25, -0.2) is 0 Å². The van der Waals surface area contributed by atoms with Crippen LogP contribution in [0, 0.1) is 0 Å². The topological polar surface area (TPSA) is 175 Å². The number of ether oxygens (including phenoxy) is 1. The number of carbonyl (C=O) groups excluding carboxylic acids is 5. The van der Waals surface area contributed by atoms with Gasteiger partial charge in [-0.15, -0.1) is 0 Å². The van der Waals surface area contributed by atoms with Crippen molar-refractivity contribution in [1.82, 2.24) is 0 Å². The lowest BCUT2D eigenvalue weighted by Gasteiger charge is -2.44. The molecule has 0 aromatic heterocycles. The lowest BCUT2D eigenvalue weighted by Crippen LogP contribution is -2.76. The molecule has 0 unspecified atom stereocenters. The van der Waals surface area contributed by atoms with Crippen LogP contribution < -0.4 is 0 Å². The van der Waals surface area contributed by atoms with E-state index >= 15 is 0 Å². The van der Waals surface area contributed by atoms with Crippen LogP contribution in [-0.4, -0.2) is 79.5 Å². The fourth-order valence-electron chi connectivity index (χ4n) is 2.30. The van der Waals surface area contributed by atoms with Crippen LogP contribution in [0.1, 0.15) is 27.7 Å².